The monoisotopic (exact) mass is 708 g/mol. The summed E-state index contributed by atoms with van der Waals surface area (Å²) in [4.78, 5) is 14.1. The molecular weight excluding hydrogens is 661 g/mol. The molecule has 2 heterocycles. The van der Waals surface area contributed by atoms with Gasteiger partial charge in [0.05, 0.1) is 26.9 Å². The number of hydrogen-bond donors (Lipinski definition) is 0. The quantitative estimate of drug-likeness (QED) is 0.181. The smallest absolute Gasteiger partial charge is 0.204 e. The van der Waals surface area contributed by atoms with Crippen molar-refractivity contribution in [1.82, 2.24) is 0 Å². The van der Waals surface area contributed by atoms with E-state index < -0.39 is 5.60 Å². The fraction of sp³-hybridized carbons (Fsp3) is 0.383. The molecule has 0 N–H and O–H groups in total. The average Bonchev–Trinajstić information content (AvgIpc) is 3.65. The normalized spacial score (nSPS) is 20.8. The predicted molar refractivity (Wildman–Crippen MR) is 208 cm³/mol. The Morgan fingerprint density at radius 1 is 0.717 bits per heavy atom. The number of rotatable bonds is 5. The Morgan fingerprint density at radius 2 is 1.32 bits per heavy atom. The minimum absolute atomic E-state index is 0.0109. The van der Waals surface area contributed by atoms with Crippen LogP contribution in [-0.2, 0) is 17.4 Å². The summed E-state index contributed by atoms with van der Waals surface area (Å²) < 4.78 is 31.2. The van der Waals surface area contributed by atoms with Gasteiger partial charge in [-0.2, -0.15) is 0 Å². The molecule has 9 rings (SSSR count). The average molecular weight is 709 g/mol. The zero-order valence-corrected chi connectivity index (χ0v) is 32.1. The predicted octanol–water partition coefficient (Wildman–Crippen LogP) is 10.5. The van der Waals surface area contributed by atoms with Crippen LogP contribution in [0.1, 0.15) is 92.1 Å². The molecule has 53 heavy (non-hydrogen) atoms. The lowest BCUT2D eigenvalue weighted by molar-refractivity contribution is 0.0334. The molecule has 5 aromatic carbocycles. The van der Waals surface area contributed by atoms with Crippen LogP contribution in [0.2, 0.25) is 0 Å². The van der Waals surface area contributed by atoms with E-state index in [0.717, 1.165) is 70.4 Å². The molecule has 6 nitrogen and oxygen atoms in total. The summed E-state index contributed by atoms with van der Waals surface area (Å²) in [6.07, 6.45) is 3.92. The van der Waals surface area contributed by atoms with Crippen molar-refractivity contribution in [3.63, 3.8) is 0 Å². The zero-order chi connectivity index (χ0) is 37.1. The van der Waals surface area contributed by atoms with Crippen molar-refractivity contribution >= 4 is 16.6 Å². The van der Waals surface area contributed by atoms with Gasteiger partial charge in [0, 0.05) is 38.8 Å². The Kier molecular flexibility index (Phi) is 7.35. The Bertz CT molecular complexity index is 2250. The number of benzene rings is 5. The van der Waals surface area contributed by atoms with Gasteiger partial charge in [-0.25, -0.2) is 0 Å². The lowest BCUT2D eigenvalue weighted by Gasteiger charge is -2.53. The molecule has 0 bridgehead atoms. The van der Waals surface area contributed by atoms with Crippen LogP contribution in [0.15, 0.2) is 78.9 Å². The largest absolute Gasteiger partial charge is 0.497 e. The molecule has 0 amide bonds. The van der Waals surface area contributed by atoms with E-state index in [-0.39, 0.29) is 34.6 Å². The summed E-state index contributed by atoms with van der Waals surface area (Å²) in [6, 6.07) is 27.5. The minimum Gasteiger partial charge on any atom is -0.497 e. The maximum Gasteiger partial charge on any atom is 0.204 e. The summed E-state index contributed by atoms with van der Waals surface area (Å²) in [5.41, 5.74) is 7.97. The number of hydrogen-bond acceptors (Lipinski definition) is 6. The van der Waals surface area contributed by atoms with E-state index in [1.165, 1.54) is 22.3 Å². The maximum atomic E-state index is 14.1. The van der Waals surface area contributed by atoms with Crippen molar-refractivity contribution in [3.05, 3.63) is 112 Å². The number of carbonyl (C=O) groups is 1. The molecule has 5 aromatic rings. The van der Waals surface area contributed by atoms with Crippen LogP contribution in [-0.4, -0.2) is 33.7 Å². The van der Waals surface area contributed by atoms with E-state index in [9.17, 15) is 4.79 Å². The Labute approximate surface area is 312 Å². The topological polar surface area (TPSA) is 63.2 Å². The zero-order valence-electron chi connectivity index (χ0n) is 32.1. The summed E-state index contributed by atoms with van der Waals surface area (Å²) >= 11 is 0. The van der Waals surface area contributed by atoms with E-state index in [1.807, 2.05) is 24.3 Å². The lowest BCUT2D eigenvalue weighted by Crippen LogP contribution is -2.47. The van der Waals surface area contributed by atoms with Gasteiger partial charge in [-0.15, -0.1) is 0 Å². The number of ether oxygens (including phenoxy) is 5. The Balaban J connectivity index is 1.43. The molecule has 4 aliphatic rings. The number of methoxy groups -OCH3 is 3. The summed E-state index contributed by atoms with van der Waals surface area (Å²) in [6.45, 7) is 12.0. The molecule has 0 saturated heterocycles. The lowest BCUT2D eigenvalue weighted by atomic mass is 9.51. The van der Waals surface area contributed by atoms with Crippen LogP contribution in [0.3, 0.4) is 0 Å². The fourth-order valence-electron chi connectivity index (χ4n) is 11.5. The van der Waals surface area contributed by atoms with E-state index in [2.05, 4.69) is 89.2 Å². The van der Waals surface area contributed by atoms with Gasteiger partial charge in [0.2, 0.25) is 5.78 Å². The van der Waals surface area contributed by atoms with E-state index in [4.69, 9.17) is 23.7 Å². The van der Waals surface area contributed by atoms with Gasteiger partial charge < -0.3 is 23.7 Å². The molecule has 2 aliphatic heterocycles. The first-order valence-corrected chi connectivity index (χ1v) is 18.8. The van der Waals surface area contributed by atoms with Gasteiger partial charge in [0.1, 0.15) is 17.2 Å². The molecule has 2 aliphatic carbocycles. The first-order valence-electron chi connectivity index (χ1n) is 18.8. The summed E-state index contributed by atoms with van der Waals surface area (Å²) in [5, 5.41) is 1.79. The second-order valence-electron chi connectivity index (χ2n) is 17.4. The first kappa shape index (κ1) is 33.8. The van der Waals surface area contributed by atoms with Gasteiger partial charge in [0.25, 0.3) is 0 Å². The van der Waals surface area contributed by atoms with Gasteiger partial charge in [0.15, 0.2) is 23.7 Å². The van der Waals surface area contributed by atoms with Crippen molar-refractivity contribution in [3.8, 4) is 39.9 Å². The maximum absolute atomic E-state index is 14.1. The highest BCUT2D eigenvalue weighted by molar-refractivity contribution is 6.21. The van der Waals surface area contributed by atoms with E-state index in [1.54, 1.807) is 21.3 Å². The molecule has 1 atom stereocenters. The molecule has 1 spiro atoms. The third-order valence-corrected chi connectivity index (χ3v) is 12.6. The van der Waals surface area contributed by atoms with Crippen LogP contribution in [0.5, 0.6) is 28.7 Å². The number of carbonyl (C=O) groups excluding carboxylic acids is 1. The molecule has 1 saturated carbocycles. The SMILES string of the molecule is COc1ccc(C2(c3ccc(OC)cc3)Oc3c(c4c(c5c6c(c(OC)cc35)OCC6=O)-c3ccccc3C43CC(C)(C)CC(C)(C)C3)CC2C)cc1. The van der Waals surface area contributed by atoms with Crippen LogP contribution in [0.4, 0.5) is 0 Å². The van der Waals surface area contributed by atoms with Crippen LogP contribution < -0.4 is 23.7 Å². The van der Waals surface area contributed by atoms with Gasteiger partial charge in [-0.3, -0.25) is 4.79 Å². The molecule has 272 valence electrons. The summed E-state index contributed by atoms with van der Waals surface area (Å²) in [7, 11) is 5.02. The van der Waals surface area contributed by atoms with Gasteiger partial charge in [-0.05, 0) is 89.1 Å². The number of Topliss-reactive ketones (excluding diaryl/α,β-unsaturated/α-hetero) is 1. The molecule has 1 fully saturated rings. The molecule has 1 unspecified atom stereocenters. The highest BCUT2D eigenvalue weighted by Gasteiger charge is 2.57. The van der Waals surface area contributed by atoms with Crippen LogP contribution in [0, 0.1) is 16.7 Å². The first-order chi connectivity index (χ1) is 25.4. The highest BCUT2D eigenvalue weighted by Crippen LogP contribution is 2.68. The van der Waals surface area contributed by atoms with Gasteiger partial charge >= 0.3 is 0 Å². The molecule has 6 heteroatoms. The van der Waals surface area contributed by atoms with Crippen molar-refractivity contribution in [2.75, 3.05) is 27.9 Å². The highest BCUT2D eigenvalue weighted by atomic mass is 16.5. The standard InChI is InChI=1S/C47H48O6/c1-27-21-34-41-39(32-11-9-10-12-35(32)46(41)25-44(2,3)24-45(4,5)26-46)38-33(22-37(51-8)43-40(38)36(48)23-52-43)42(34)53-47(27,28-13-17-30(49-6)18-14-28)29-15-19-31(50-7)20-16-29/h9-20,22,27H,21,23-26H2,1-8H3. The summed E-state index contributed by atoms with van der Waals surface area (Å²) in [5.74, 6) is 3.44. The molecular formula is C47H48O6. The van der Waals surface area contributed by atoms with E-state index in [0.29, 0.717) is 17.1 Å². The third-order valence-electron chi connectivity index (χ3n) is 12.6. The van der Waals surface area contributed by atoms with Gasteiger partial charge in [-0.1, -0.05) is 83.1 Å². The number of fused-ring (bicyclic) bond motifs is 12. The number of ketones is 1. The Hall–Kier alpha value is -4.97. The fourth-order valence-corrected chi connectivity index (χ4v) is 11.5. The van der Waals surface area contributed by atoms with Crippen LogP contribution in [0.25, 0.3) is 21.9 Å². The third kappa shape index (κ3) is 4.73. The molecule has 0 radical (unpaired) electrons. The van der Waals surface area contributed by atoms with E-state index >= 15 is 0 Å². The van der Waals surface area contributed by atoms with Crippen molar-refractivity contribution in [2.24, 2.45) is 16.7 Å². The second-order valence-corrected chi connectivity index (χ2v) is 17.4. The Morgan fingerprint density at radius 3 is 1.91 bits per heavy atom. The van der Waals surface area contributed by atoms with Crippen molar-refractivity contribution in [1.29, 1.82) is 0 Å². The van der Waals surface area contributed by atoms with Crippen LogP contribution >= 0.6 is 0 Å². The van der Waals surface area contributed by atoms with Crippen molar-refractivity contribution < 1.29 is 28.5 Å². The minimum atomic E-state index is -0.872. The second kappa shape index (κ2) is 11.5. The van der Waals surface area contributed by atoms with Crippen molar-refractivity contribution in [2.45, 2.75) is 71.3 Å². The molecule has 0 aromatic heterocycles.